The van der Waals surface area contributed by atoms with Gasteiger partial charge in [0.2, 0.25) is 0 Å². The van der Waals surface area contributed by atoms with Crippen LogP contribution >= 0.6 is 0 Å². The van der Waals surface area contributed by atoms with Gasteiger partial charge in [-0.3, -0.25) is 0 Å². The van der Waals surface area contributed by atoms with Crippen molar-refractivity contribution in [3.05, 3.63) is 96.1 Å². The Morgan fingerprint density at radius 3 is 1.82 bits per heavy atom. The molecular formula is C20H17NSe. The van der Waals surface area contributed by atoms with Crippen molar-refractivity contribution in [2.45, 2.75) is 0 Å². The predicted molar refractivity (Wildman–Crippen MR) is 95.0 cm³/mol. The number of nitrogens with one attached hydrogen (secondary N) is 1. The summed E-state index contributed by atoms with van der Waals surface area (Å²) in [6.45, 7) is 0. The number of hydrogen-bond acceptors (Lipinski definition) is 0. The average molecular weight is 350 g/mol. The van der Waals surface area contributed by atoms with Gasteiger partial charge < -0.3 is 4.98 Å². The van der Waals surface area contributed by atoms with Crippen molar-refractivity contribution < 1.29 is 0 Å². The van der Waals surface area contributed by atoms with Gasteiger partial charge in [-0.05, 0) is 17.7 Å². The van der Waals surface area contributed by atoms with Gasteiger partial charge in [-0.2, -0.15) is 0 Å². The summed E-state index contributed by atoms with van der Waals surface area (Å²) < 4.78 is 1.48. The monoisotopic (exact) mass is 351 g/mol. The molecule has 0 aliphatic rings. The van der Waals surface area contributed by atoms with Crippen molar-refractivity contribution in [2.24, 2.45) is 0 Å². The number of aromatic nitrogens is 1. The number of hydrogen-bond donors (Lipinski definition) is 1. The van der Waals surface area contributed by atoms with Crippen LogP contribution in [0.2, 0.25) is 0 Å². The van der Waals surface area contributed by atoms with Crippen LogP contribution in [0.5, 0.6) is 0 Å². The van der Waals surface area contributed by atoms with Gasteiger partial charge in [0.05, 0.1) is 0 Å². The summed E-state index contributed by atoms with van der Waals surface area (Å²) >= 11 is 0.571. The summed E-state index contributed by atoms with van der Waals surface area (Å²) in [5, 5.41) is 0. The van der Waals surface area contributed by atoms with Crippen LogP contribution in [0.25, 0.3) is 21.3 Å². The zero-order valence-corrected chi connectivity index (χ0v) is 13.9. The van der Waals surface area contributed by atoms with E-state index in [0.29, 0.717) is 14.5 Å². The Labute approximate surface area is 137 Å². The molecule has 0 amide bonds. The molecule has 0 radical (unpaired) electrons. The van der Waals surface area contributed by atoms with Crippen LogP contribution < -0.4 is 0 Å². The maximum atomic E-state index is 3.15. The van der Waals surface area contributed by atoms with E-state index in [-0.39, 0.29) is 0 Å². The second kappa shape index (κ2) is 7.65. The molecule has 22 heavy (non-hydrogen) atoms. The van der Waals surface area contributed by atoms with E-state index in [0.717, 1.165) is 0 Å². The first-order valence-electron chi connectivity index (χ1n) is 7.21. The first-order chi connectivity index (χ1) is 10.9. The van der Waals surface area contributed by atoms with Crippen LogP contribution in [0.4, 0.5) is 0 Å². The Morgan fingerprint density at radius 1 is 0.591 bits per heavy atom. The standard InChI is InChI=1S/C10H9N.C10H8Se/c2*1-2-5-9(6-3-1)10-7-4-8-11-10/h1-8,11H;1-8H. The number of aromatic amines is 1. The predicted octanol–water partition coefficient (Wildman–Crippen LogP) is 5.09. The second-order valence-electron chi connectivity index (χ2n) is 4.79. The van der Waals surface area contributed by atoms with Crippen LogP contribution in [0, 0.1) is 0 Å². The van der Waals surface area contributed by atoms with Crippen molar-refractivity contribution in [3.8, 4) is 21.3 Å². The Hall–Kier alpha value is -2.28. The van der Waals surface area contributed by atoms with Crippen molar-refractivity contribution in [2.75, 3.05) is 0 Å². The third-order valence-electron chi connectivity index (χ3n) is 3.26. The molecular weight excluding hydrogens is 333 g/mol. The number of benzene rings is 2. The summed E-state index contributed by atoms with van der Waals surface area (Å²) in [5.41, 5.74) is 3.78. The van der Waals surface area contributed by atoms with Gasteiger partial charge in [-0.1, -0.05) is 30.3 Å². The normalized spacial score (nSPS) is 9.82. The summed E-state index contributed by atoms with van der Waals surface area (Å²) in [4.78, 5) is 5.40. The molecule has 108 valence electrons. The quantitative estimate of drug-likeness (QED) is 0.485. The van der Waals surface area contributed by atoms with Crippen LogP contribution in [-0.4, -0.2) is 19.5 Å². The van der Waals surface area contributed by atoms with E-state index in [1.807, 2.05) is 30.5 Å². The number of rotatable bonds is 2. The van der Waals surface area contributed by atoms with E-state index in [4.69, 9.17) is 0 Å². The van der Waals surface area contributed by atoms with Gasteiger partial charge in [0.25, 0.3) is 0 Å². The molecule has 0 atom stereocenters. The van der Waals surface area contributed by atoms with Gasteiger partial charge >= 0.3 is 71.9 Å². The fourth-order valence-electron chi connectivity index (χ4n) is 2.17. The topological polar surface area (TPSA) is 15.8 Å². The molecule has 4 rings (SSSR count). The SMILES string of the molecule is c1ccc(-c2ccc[nH]2)cc1.c1ccc(-c2ccc[se]2)cc1. The van der Waals surface area contributed by atoms with Crippen molar-refractivity contribution in [3.63, 3.8) is 0 Å². The second-order valence-corrected chi connectivity index (χ2v) is 6.78. The fraction of sp³-hybridized carbons (Fsp3) is 0. The van der Waals surface area contributed by atoms with Crippen LogP contribution in [0.3, 0.4) is 0 Å². The summed E-state index contributed by atoms with van der Waals surface area (Å²) in [6, 6.07) is 29.3. The van der Waals surface area contributed by atoms with Gasteiger partial charge in [0.1, 0.15) is 0 Å². The Kier molecular flexibility index (Phi) is 5.09. The Morgan fingerprint density at radius 2 is 1.27 bits per heavy atom. The molecule has 0 aliphatic heterocycles. The molecule has 0 bridgehead atoms. The minimum atomic E-state index is 0.571. The molecule has 0 fully saturated rings. The van der Waals surface area contributed by atoms with Crippen LogP contribution in [0.1, 0.15) is 0 Å². The molecule has 2 heterocycles. The van der Waals surface area contributed by atoms with E-state index in [9.17, 15) is 0 Å². The van der Waals surface area contributed by atoms with Gasteiger partial charge in [0, 0.05) is 11.9 Å². The average Bonchev–Trinajstić information content (AvgIpc) is 3.31. The molecule has 0 unspecified atom stereocenters. The van der Waals surface area contributed by atoms with E-state index in [1.54, 1.807) is 0 Å². The van der Waals surface area contributed by atoms with Gasteiger partial charge in [-0.25, -0.2) is 0 Å². The molecule has 0 saturated heterocycles. The zero-order valence-electron chi connectivity index (χ0n) is 12.1. The molecule has 1 N–H and O–H groups in total. The zero-order chi connectivity index (χ0) is 15.0. The van der Waals surface area contributed by atoms with Crippen LogP contribution in [0.15, 0.2) is 96.1 Å². The first kappa shape index (κ1) is 14.6. The third kappa shape index (κ3) is 3.88. The molecule has 0 saturated carbocycles. The van der Waals surface area contributed by atoms with E-state index in [2.05, 4.69) is 70.6 Å². The maximum absolute atomic E-state index is 3.15. The van der Waals surface area contributed by atoms with E-state index < -0.39 is 0 Å². The first-order valence-corrected chi connectivity index (χ1v) is 9.06. The minimum absolute atomic E-state index is 0.571. The van der Waals surface area contributed by atoms with E-state index >= 15 is 0 Å². The summed E-state index contributed by atoms with van der Waals surface area (Å²) in [5.74, 6) is 0. The van der Waals surface area contributed by atoms with Crippen molar-refractivity contribution >= 4 is 14.5 Å². The van der Waals surface area contributed by atoms with Gasteiger partial charge in [-0.15, -0.1) is 0 Å². The van der Waals surface area contributed by atoms with Crippen molar-refractivity contribution in [1.82, 2.24) is 4.98 Å². The molecule has 1 nitrogen and oxygen atoms in total. The molecule has 2 heteroatoms. The molecule has 0 aliphatic carbocycles. The molecule has 2 aromatic heterocycles. The fourth-order valence-corrected chi connectivity index (χ4v) is 3.71. The number of H-pyrrole nitrogens is 1. The summed E-state index contributed by atoms with van der Waals surface area (Å²) in [6.07, 6.45) is 1.93. The van der Waals surface area contributed by atoms with Crippen molar-refractivity contribution in [1.29, 1.82) is 0 Å². The summed E-state index contributed by atoms with van der Waals surface area (Å²) in [7, 11) is 0. The van der Waals surface area contributed by atoms with Gasteiger partial charge in [0.15, 0.2) is 0 Å². The molecule has 0 spiro atoms. The molecule has 4 aromatic rings. The third-order valence-corrected chi connectivity index (χ3v) is 5.19. The molecule has 2 aromatic carbocycles. The van der Waals surface area contributed by atoms with E-state index in [1.165, 1.54) is 21.3 Å². The Balaban J connectivity index is 0.000000131. The Bertz CT molecular complexity index is 687. The van der Waals surface area contributed by atoms with Crippen LogP contribution in [-0.2, 0) is 0 Å².